The number of nitro benzene ring substituents is 1. The Morgan fingerprint density at radius 1 is 1.18 bits per heavy atom. The van der Waals surface area contributed by atoms with Crippen LogP contribution in [0.15, 0.2) is 30.3 Å². The van der Waals surface area contributed by atoms with Crippen LogP contribution in [0.5, 0.6) is 11.8 Å². The highest BCUT2D eigenvalue weighted by molar-refractivity contribution is 6.33. The van der Waals surface area contributed by atoms with E-state index in [1.807, 2.05) is 0 Å². The van der Waals surface area contributed by atoms with Crippen molar-refractivity contribution in [2.45, 2.75) is 18.9 Å². The van der Waals surface area contributed by atoms with Crippen LogP contribution >= 0.6 is 11.6 Å². The zero-order chi connectivity index (χ0) is 25.3. The third kappa shape index (κ3) is 8.01. The fourth-order valence-corrected chi connectivity index (χ4v) is 2.73. The summed E-state index contributed by atoms with van der Waals surface area (Å²) in [5, 5.41) is 13.4. The van der Waals surface area contributed by atoms with E-state index in [4.69, 9.17) is 30.5 Å². The largest absolute Gasteiger partial charge is 0.477 e. The number of amides is 1. The van der Waals surface area contributed by atoms with Gasteiger partial charge < -0.3 is 24.3 Å². The normalized spacial score (nSPS) is 11.4. The Labute approximate surface area is 197 Å². The van der Waals surface area contributed by atoms with E-state index in [0.717, 1.165) is 24.3 Å². The summed E-state index contributed by atoms with van der Waals surface area (Å²) < 4.78 is 59.9. The highest BCUT2D eigenvalue weighted by Gasteiger charge is 2.32. The number of carbonyl (C=O) groups excluding carboxylic acids is 1. The van der Waals surface area contributed by atoms with Crippen molar-refractivity contribution in [1.29, 1.82) is 0 Å². The lowest BCUT2D eigenvalue weighted by molar-refractivity contribution is -0.384. The van der Waals surface area contributed by atoms with Gasteiger partial charge in [0.05, 0.1) is 27.7 Å². The van der Waals surface area contributed by atoms with E-state index in [1.54, 1.807) is 0 Å². The summed E-state index contributed by atoms with van der Waals surface area (Å²) in [6, 6.07) is 4.88. The number of benzene rings is 1. The number of carbonyl (C=O) groups is 1. The number of hydrogen-bond acceptors (Lipinski definition) is 8. The van der Waals surface area contributed by atoms with E-state index >= 15 is 0 Å². The van der Waals surface area contributed by atoms with E-state index in [9.17, 15) is 28.1 Å². The lowest BCUT2D eigenvalue weighted by Crippen LogP contribution is -2.26. The van der Waals surface area contributed by atoms with Gasteiger partial charge in [-0.15, -0.1) is 0 Å². The first-order valence-electron chi connectivity index (χ1n) is 9.67. The lowest BCUT2D eigenvalue weighted by atomic mass is 10.2. The summed E-state index contributed by atoms with van der Waals surface area (Å²) in [6.45, 7) is -0.230. The van der Waals surface area contributed by atoms with Gasteiger partial charge in [0.25, 0.3) is 11.6 Å². The Hall–Kier alpha value is -3.16. The highest BCUT2D eigenvalue weighted by Crippen LogP contribution is 2.33. The molecular formula is C20H21ClF3N3O7. The van der Waals surface area contributed by atoms with Crippen LogP contribution in [0.1, 0.15) is 22.3 Å². The first-order valence-corrected chi connectivity index (χ1v) is 10.1. The summed E-state index contributed by atoms with van der Waals surface area (Å²) in [4.78, 5) is 26.3. The van der Waals surface area contributed by atoms with Gasteiger partial charge in [0, 0.05) is 45.0 Å². The number of hydrogen-bond donors (Lipinski definition) is 1. The van der Waals surface area contributed by atoms with Crippen LogP contribution in [0.4, 0.5) is 18.9 Å². The third-order valence-corrected chi connectivity index (χ3v) is 4.59. The van der Waals surface area contributed by atoms with Crippen molar-refractivity contribution in [2.24, 2.45) is 0 Å². The molecule has 0 spiro atoms. The van der Waals surface area contributed by atoms with E-state index in [-0.39, 0.29) is 54.2 Å². The van der Waals surface area contributed by atoms with Gasteiger partial charge in [-0.05, 0) is 12.5 Å². The molecule has 1 aromatic heterocycles. The van der Waals surface area contributed by atoms with Crippen LogP contribution in [0.25, 0.3) is 0 Å². The number of rotatable bonds is 12. The monoisotopic (exact) mass is 507 g/mol. The van der Waals surface area contributed by atoms with Crippen molar-refractivity contribution in [3.8, 4) is 11.8 Å². The quantitative estimate of drug-likeness (QED) is 0.199. The van der Waals surface area contributed by atoms with Crippen molar-refractivity contribution in [2.75, 3.05) is 34.0 Å². The summed E-state index contributed by atoms with van der Waals surface area (Å²) in [6.07, 6.45) is -5.27. The number of nitro groups is 1. The number of methoxy groups -OCH3 is 2. The van der Waals surface area contributed by atoms with Crippen molar-refractivity contribution in [3.63, 3.8) is 0 Å². The van der Waals surface area contributed by atoms with Gasteiger partial charge in [-0.3, -0.25) is 14.9 Å². The van der Waals surface area contributed by atoms with Crippen molar-refractivity contribution >= 4 is 23.2 Å². The highest BCUT2D eigenvalue weighted by atomic mass is 35.5. The SMILES string of the molecule is COC(COc1cc(C(F)(F)F)cc(OCCCNC(=O)c2cc([N+](=O)[O-])ccc2Cl)n1)OC. The van der Waals surface area contributed by atoms with Gasteiger partial charge in [-0.1, -0.05) is 11.6 Å². The molecular weight excluding hydrogens is 487 g/mol. The molecule has 10 nitrogen and oxygen atoms in total. The van der Waals surface area contributed by atoms with Gasteiger partial charge in [-0.2, -0.15) is 18.2 Å². The van der Waals surface area contributed by atoms with Gasteiger partial charge in [-0.25, -0.2) is 0 Å². The number of ether oxygens (including phenoxy) is 4. The average Bonchev–Trinajstić information content (AvgIpc) is 2.78. The van der Waals surface area contributed by atoms with Crippen molar-refractivity contribution < 1.29 is 41.8 Å². The van der Waals surface area contributed by atoms with Crippen LogP contribution in [0.2, 0.25) is 5.02 Å². The predicted octanol–water partition coefficient (Wildman–Crippen LogP) is 3.86. The first kappa shape index (κ1) is 27.1. The second-order valence-corrected chi connectivity index (χ2v) is 7.03. The number of nitrogens with zero attached hydrogens (tertiary/aromatic N) is 2. The minimum absolute atomic E-state index is 0.0317. The molecule has 0 aliphatic carbocycles. The number of pyridine rings is 1. The molecule has 1 amide bonds. The standard InChI is InChI=1S/C20H21ClF3N3O7/c1-31-18(32-2)11-34-17-9-12(20(22,23)24)8-16(26-17)33-7-3-6-25-19(28)14-10-13(27(29)30)4-5-15(14)21/h4-5,8-10,18H,3,6-7,11H2,1-2H3,(H,25,28). The average molecular weight is 508 g/mol. The van der Waals surface area contributed by atoms with E-state index in [0.29, 0.717) is 0 Å². The smallest absolute Gasteiger partial charge is 0.416 e. The maximum atomic E-state index is 13.2. The molecule has 0 saturated heterocycles. The summed E-state index contributed by atoms with van der Waals surface area (Å²) in [5.41, 5.74) is -1.40. The van der Waals surface area contributed by atoms with Crippen LogP contribution < -0.4 is 14.8 Å². The Morgan fingerprint density at radius 3 is 2.41 bits per heavy atom. The molecule has 0 aliphatic heterocycles. The second kappa shape index (κ2) is 12.3. The van der Waals surface area contributed by atoms with Crippen molar-refractivity contribution in [1.82, 2.24) is 10.3 Å². The van der Waals surface area contributed by atoms with Crippen LogP contribution in [-0.2, 0) is 15.7 Å². The van der Waals surface area contributed by atoms with Gasteiger partial charge >= 0.3 is 6.18 Å². The number of non-ortho nitro benzene ring substituents is 1. The number of aromatic nitrogens is 1. The Morgan fingerprint density at radius 2 is 1.82 bits per heavy atom. The molecule has 1 aromatic carbocycles. The molecule has 0 saturated carbocycles. The summed E-state index contributed by atoms with van der Waals surface area (Å²) in [5.74, 6) is -1.31. The molecule has 0 bridgehead atoms. The Bertz CT molecular complexity index is 1000. The summed E-state index contributed by atoms with van der Waals surface area (Å²) in [7, 11) is 2.69. The number of alkyl halides is 3. The van der Waals surface area contributed by atoms with E-state index < -0.39 is 28.9 Å². The molecule has 186 valence electrons. The van der Waals surface area contributed by atoms with Crippen LogP contribution in [0.3, 0.4) is 0 Å². The predicted molar refractivity (Wildman–Crippen MR) is 113 cm³/mol. The van der Waals surface area contributed by atoms with E-state index in [1.165, 1.54) is 20.3 Å². The Balaban J connectivity index is 1.94. The maximum absolute atomic E-state index is 13.2. The van der Waals surface area contributed by atoms with E-state index in [2.05, 4.69) is 10.3 Å². The summed E-state index contributed by atoms with van der Waals surface area (Å²) >= 11 is 5.91. The third-order valence-electron chi connectivity index (χ3n) is 4.26. The molecule has 1 heterocycles. The van der Waals surface area contributed by atoms with Gasteiger partial charge in [0.2, 0.25) is 11.8 Å². The zero-order valence-electron chi connectivity index (χ0n) is 18.1. The fourth-order valence-electron chi connectivity index (χ4n) is 2.53. The molecule has 0 fully saturated rings. The molecule has 34 heavy (non-hydrogen) atoms. The molecule has 2 rings (SSSR count). The van der Waals surface area contributed by atoms with Crippen LogP contribution in [-0.4, -0.2) is 56.1 Å². The number of halogens is 4. The zero-order valence-corrected chi connectivity index (χ0v) is 18.8. The van der Waals surface area contributed by atoms with Crippen LogP contribution in [0, 0.1) is 10.1 Å². The minimum Gasteiger partial charge on any atom is -0.477 e. The minimum atomic E-state index is -4.66. The second-order valence-electron chi connectivity index (χ2n) is 6.62. The maximum Gasteiger partial charge on any atom is 0.416 e. The van der Waals surface area contributed by atoms with Gasteiger partial charge in [0.15, 0.2) is 6.29 Å². The Kier molecular flexibility index (Phi) is 9.83. The van der Waals surface area contributed by atoms with Crippen molar-refractivity contribution in [3.05, 3.63) is 56.6 Å². The molecule has 0 unspecified atom stereocenters. The molecule has 0 radical (unpaired) electrons. The molecule has 0 aliphatic rings. The lowest BCUT2D eigenvalue weighted by Gasteiger charge is -2.16. The molecule has 1 N–H and O–H groups in total. The first-order chi connectivity index (χ1) is 16.0. The topological polar surface area (TPSA) is 122 Å². The molecule has 14 heteroatoms. The number of nitrogens with one attached hydrogen (secondary N) is 1. The van der Waals surface area contributed by atoms with Gasteiger partial charge in [0.1, 0.15) is 6.61 Å². The molecule has 0 atom stereocenters. The fraction of sp³-hybridized carbons (Fsp3) is 0.400. The molecule has 2 aromatic rings.